The van der Waals surface area contributed by atoms with Crippen LogP contribution in [0.5, 0.6) is 0 Å². The predicted molar refractivity (Wildman–Crippen MR) is 67.3 cm³/mol. The lowest BCUT2D eigenvalue weighted by Crippen LogP contribution is -2.19. The second kappa shape index (κ2) is 7.17. The van der Waals surface area contributed by atoms with E-state index >= 15 is 0 Å². The summed E-state index contributed by atoms with van der Waals surface area (Å²) in [5.74, 6) is 1.34. The van der Waals surface area contributed by atoms with Crippen LogP contribution in [-0.2, 0) is 0 Å². The molecule has 0 aromatic carbocycles. The highest BCUT2D eigenvalue weighted by Crippen LogP contribution is 2.11. The van der Waals surface area contributed by atoms with Gasteiger partial charge >= 0.3 is 0 Å². The van der Waals surface area contributed by atoms with E-state index in [2.05, 4.69) is 22.2 Å². The lowest BCUT2D eigenvalue weighted by Gasteiger charge is -2.15. The molecule has 0 fully saturated rings. The van der Waals surface area contributed by atoms with E-state index in [0.717, 1.165) is 25.1 Å². The molecule has 1 heterocycles. The second-order valence-electron chi connectivity index (χ2n) is 4.20. The number of nitrogens with one attached hydrogen (secondary N) is 1. The van der Waals surface area contributed by atoms with Crippen LogP contribution in [0.2, 0.25) is 0 Å². The van der Waals surface area contributed by atoms with Gasteiger partial charge in [-0.1, -0.05) is 13.3 Å². The molecule has 1 atom stereocenters. The van der Waals surface area contributed by atoms with Crippen LogP contribution in [0.1, 0.15) is 31.7 Å². The van der Waals surface area contributed by atoms with Gasteiger partial charge < -0.3 is 11.1 Å². The van der Waals surface area contributed by atoms with Gasteiger partial charge in [-0.3, -0.25) is 0 Å². The number of aromatic nitrogens is 2. The van der Waals surface area contributed by atoms with Gasteiger partial charge in [0.05, 0.1) is 0 Å². The average molecular weight is 222 g/mol. The molecule has 0 amide bonds. The highest BCUT2D eigenvalue weighted by Gasteiger charge is 2.07. The Balaban J connectivity index is 2.38. The number of rotatable bonds is 7. The summed E-state index contributed by atoms with van der Waals surface area (Å²) in [5.41, 5.74) is 6.67. The van der Waals surface area contributed by atoms with Gasteiger partial charge in [0.1, 0.15) is 0 Å². The summed E-state index contributed by atoms with van der Waals surface area (Å²) in [6.45, 7) is 5.85. The first-order chi connectivity index (χ1) is 7.76. The summed E-state index contributed by atoms with van der Waals surface area (Å²) in [6, 6.07) is 0. The molecule has 0 aliphatic heterocycles. The van der Waals surface area contributed by atoms with Crippen molar-refractivity contribution in [2.45, 2.75) is 33.1 Å². The van der Waals surface area contributed by atoms with Crippen molar-refractivity contribution >= 4 is 5.95 Å². The maximum atomic E-state index is 5.59. The van der Waals surface area contributed by atoms with Crippen molar-refractivity contribution in [3.8, 4) is 0 Å². The Kier molecular flexibility index (Phi) is 5.78. The van der Waals surface area contributed by atoms with E-state index in [0.29, 0.717) is 11.9 Å². The average Bonchev–Trinajstić information content (AvgIpc) is 2.29. The van der Waals surface area contributed by atoms with Crippen LogP contribution in [0.4, 0.5) is 5.95 Å². The molecule has 0 saturated carbocycles. The van der Waals surface area contributed by atoms with Crippen molar-refractivity contribution in [2.24, 2.45) is 11.7 Å². The minimum Gasteiger partial charge on any atom is -0.354 e. The van der Waals surface area contributed by atoms with E-state index < -0.39 is 0 Å². The maximum Gasteiger partial charge on any atom is 0.222 e. The SMILES string of the molecule is CCCC(CCN)CNc1ncc(C)cn1. The number of hydrogen-bond acceptors (Lipinski definition) is 4. The van der Waals surface area contributed by atoms with Crippen molar-refractivity contribution in [2.75, 3.05) is 18.4 Å². The molecular formula is C12H22N4. The van der Waals surface area contributed by atoms with Gasteiger partial charge in [0.2, 0.25) is 5.95 Å². The van der Waals surface area contributed by atoms with Gasteiger partial charge in [-0.2, -0.15) is 0 Å². The van der Waals surface area contributed by atoms with Crippen molar-refractivity contribution in [1.29, 1.82) is 0 Å². The van der Waals surface area contributed by atoms with Crippen molar-refractivity contribution in [1.82, 2.24) is 9.97 Å². The first kappa shape index (κ1) is 12.9. The maximum absolute atomic E-state index is 5.59. The standard InChI is InChI=1S/C12H22N4/c1-3-4-11(5-6-13)9-16-12-14-7-10(2)8-15-12/h7-8,11H,3-6,9,13H2,1-2H3,(H,14,15,16). The first-order valence-electron chi connectivity index (χ1n) is 5.98. The fraction of sp³-hybridized carbons (Fsp3) is 0.667. The van der Waals surface area contributed by atoms with Crippen LogP contribution >= 0.6 is 0 Å². The van der Waals surface area contributed by atoms with Crippen molar-refractivity contribution < 1.29 is 0 Å². The fourth-order valence-corrected chi connectivity index (χ4v) is 1.71. The van der Waals surface area contributed by atoms with Crippen molar-refractivity contribution in [3.05, 3.63) is 18.0 Å². The second-order valence-corrected chi connectivity index (χ2v) is 4.20. The van der Waals surface area contributed by atoms with Gasteiger partial charge in [0.25, 0.3) is 0 Å². The van der Waals surface area contributed by atoms with E-state index in [-0.39, 0.29) is 0 Å². The third-order valence-corrected chi connectivity index (χ3v) is 2.60. The molecule has 16 heavy (non-hydrogen) atoms. The third-order valence-electron chi connectivity index (χ3n) is 2.60. The fourth-order valence-electron chi connectivity index (χ4n) is 1.71. The van der Waals surface area contributed by atoms with Crippen LogP contribution in [0.3, 0.4) is 0 Å². The normalized spacial score (nSPS) is 12.4. The number of anilines is 1. The summed E-state index contributed by atoms with van der Waals surface area (Å²) in [6.07, 6.45) is 7.12. The molecule has 3 N–H and O–H groups in total. The molecule has 1 rings (SSSR count). The number of nitrogens with zero attached hydrogens (tertiary/aromatic N) is 2. The Bertz CT molecular complexity index is 278. The lowest BCUT2D eigenvalue weighted by atomic mass is 10.00. The summed E-state index contributed by atoms with van der Waals surface area (Å²) < 4.78 is 0. The molecule has 0 bridgehead atoms. The highest BCUT2D eigenvalue weighted by molar-refractivity contribution is 5.24. The van der Waals surface area contributed by atoms with Crippen LogP contribution in [0, 0.1) is 12.8 Å². The van der Waals surface area contributed by atoms with Crippen LogP contribution in [0.25, 0.3) is 0 Å². The predicted octanol–water partition coefficient (Wildman–Crippen LogP) is 1.96. The Morgan fingerprint density at radius 3 is 2.56 bits per heavy atom. The molecule has 0 spiro atoms. The minimum atomic E-state index is 0.625. The van der Waals surface area contributed by atoms with Crippen LogP contribution < -0.4 is 11.1 Å². The molecule has 0 aliphatic rings. The smallest absolute Gasteiger partial charge is 0.222 e. The van der Waals surface area contributed by atoms with E-state index in [4.69, 9.17) is 5.73 Å². The van der Waals surface area contributed by atoms with Crippen LogP contribution in [0.15, 0.2) is 12.4 Å². The molecule has 1 aromatic rings. The summed E-state index contributed by atoms with van der Waals surface area (Å²) >= 11 is 0. The van der Waals surface area contributed by atoms with Crippen molar-refractivity contribution in [3.63, 3.8) is 0 Å². The topological polar surface area (TPSA) is 63.8 Å². The van der Waals surface area contributed by atoms with E-state index in [1.165, 1.54) is 12.8 Å². The number of aryl methyl sites for hydroxylation is 1. The Morgan fingerprint density at radius 2 is 2.00 bits per heavy atom. The van der Waals surface area contributed by atoms with Crippen LogP contribution in [-0.4, -0.2) is 23.1 Å². The summed E-state index contributed by atoms with van der Waals surface area (Å²) in [4.78, 5) is 8.43. The van der Waals surface area contributed by atoms with Gasteiger partial charge in [0.15, 0.2) is 0 Å². The van der Waals surface area contributed by atoms with E-state index in [9.17, 15) is 0 Å². The monoisotopic (exact) mass is 222 g/mol. The molecule has 0 saturated heterocycles. The molecule has 0 aliphatic carbocycles. The molecule has 4 heteroatoms. The zero-order valence-corrected chi connectivity index (χ0v) is 10.2. The quantitative estimate of drug-likeness (QED) is 0.740. The van der Waals surface area contributed by atoms with E-state index in [1.54, 1.807) is 0 Å². The third kappa shape index (κ3) is 4.57. The Morgan fingerprint density at radius 1 is 1.31 bits per heavy atom. The lowest BCUT2D eigenvalue weighted by molar-refractivity contribution is 0.472. The van der Waals surface area contributed by atoms with Gasteiger partial charge in [-0.25, -0.2) is 9.97 Å². The summed E-state index contributed by atoms with van der Waals surface area (Å²) in [7, 11) is 0. The highest BCUT2D eigenvalue weighted by atomic mass is 15.1. The number of hydrogen-bond donors (Lipinski definition) is 2. The van der Waals surface area contributed by atoms with E-state index in [1.807, 2.05) is 19.3 Å². The largest absolute Gasteiger partial charge is 0.354 e. The van der Waals surface area contributed by atoms with Gasteiger partial charge in [-0.15, -0.1) is 0 Å². The zero-order chi connectivity index (χ0) is 11.8. The molecule has 1 aromatic heterocycles. The molecule has 1 unspecified atom stereocenters. The first-order valence-corrected chi connectivity index (χ1v) is 5.98. The minimum absolute atomic E-state index is 0.625. The Hall–Kier alpha value is -1.16. The molecule has 4 nitrogen and oxygen atoms in total. The molecule has 90 valence electrons. The molecular weight excluding hydrogens is 200 g/mol. The van der Waals surface area contributed by atoms with Gasteiger partial charge in [-0.05, 0) is 37.8 Å². The molecule has 0 radical (unpaired) electrons. The van der Waals surface area contributed by atoms with Gasteiger partial charge in [0, 0.05) is 18.9 Å². The zero-order valence-electron chi connectivity index (χ0n) is 10.2. The number of nitrogens with two attached hydrogens (primary N) is 1. The summed E-state index contributed by atoms with van der Waals surface area (Å²) in [5, 5.41) is 3.26. The Labute approximate surface area is 97.7 Å².